The molecule has 37 heavy (non-hydrogen) atoms. The molecule has 0 fully saturated rings. The standard InChI is InChI=1S/C26H19FN6O4/c27-18-4-8-20(9-5-18)30-26(34)29-19-6-1-16(2-7-19)12-33-13-21(28-14-33)25-31-24(32-37-25)17-3-10-22-23(11-17)36-15-35-22/h1-11,13-14H,12,15H2,(H2,29,30,34). The second-order valence-electron chi connectivity index (χ2n) is 8.21. The van der Waals surface area contributed by atoms with Crippen molar-refractivity contribution in [3.8, 4) is 34.5 Å². The molecular weight excluding hydrogens is 479 g/mol. The molecule has 1 aliphatic heterocycles. The van der Waals surface area contributed by atoms with E-state index in [2.05, 4.69) is 25.8 Å². The predicted octanol–water partition coefficient (Wildman–Crippen LogP) is 5.16. The molecule has 2 aromatic heterocycles. The van der Waals surface area contributed by atoms with Gasteiger partial charge in [-0.1, -0.05) is 17.3 Å². The van der Waals surface area contributed by atoms with Crippen LogP contribution in [0.1, 0.15) is 5.56 Å². The molecule has 5 aromatic rings. The van der Waals surface area contributed by atoms with Crippen LogP contribution in [0.5, 0.6) is 11.5 Å². The number of amides is 2. The summed E-state index contributed by atoms with van der Waals surface area (Å²) >= 11 is 0. The number of hydrogen-bond donors (Lipinski definition) is 2. The summed E-state index contributed by atoms with van der Waals surface area (Å²) < 4.78 is 31.0. The highest BCUT2D eigenvalue weighted by atomic mass is 19.1. The van der Waals surface area contributed by atoms with E-state index < -0.39 is 6.03 Å². The fraction of sp³-hybridized carbons (Fsp3) is 0.0769. The fourth-order valence-corrected chi connectivity index (χ4v) is 3.77. The van der Waals surface area contributed by atoms with Crippen LogP contribution in [0.2, 0.25) is 0 Å². The molecule has 0 bridgehead atoms. The lowest BCUT2D eigenvalue weighted by Gasteiger charge is -2.09. The first-order chi connectivity index (χ1) is 18.1. The van der Waals surface area contributed by atoms with Gasteiger partial charge in [0.15, 0.2) is 11.5 Å². The number of imidazole rings is 1. The number of ether oxygens (including phenoxy) is 2. The molecule has 0 spiro atoms. The summed E-state index contributed by atoms with van der Waals surface area (Å²) in [5, 5.41) is 9.46. The van der Waals surface area contributed by atoms with Gasteiger partial charge in [-0.05, 0) is 60.2 Å². The molecule has 10 nitrogen and oxygen atoms in total. The van der Waals surface area contributed by atoms with Crippen molar-refractivity contribution >= 4 is 17.4 Å². The van der Waals surface area contributed by atoms with Gasteiger partial charge in [0, 0.05) is 29.7 Å². The zero-order valence-electron chi connectivity index (χ0n) is 19.2. The Kier molecular flexibility index (Phi) is 5.70. The SMILES string of the molecule is O=C(Nc1ccc(F)cc1)Nc1ccc(Cn2cnc(-c3nc(-c4ccc5c(c4)OCO5)no3)c2)cc1. The van der Waals surface area contributed by atoms with Gasteiger partial charge in [-0.3, -0.25) is 0 Å². The molecule has 11 heteroatoms. The van der Waals surface area contributed by atoms with Crippen molar-refractivity contribution in [2.75, 3.05) is 17.4 Å². The Morgan fingerprint density at radius 2 is 1.68 bits per heavy atom. The number of hydrogen-bond acceptors (Lipinski definition) is 7. The molecule has 2 N–H and O–H groups in total. The minimum absolute atomic E-state index is 0.194. The first-order valence-electron chi connectivity index (χ1n) is 11.3. The topological polar surface area (TPSA) is 116 Å². The minimum atomic E-state index is -0.418. The van der Waals surface area contributed by atoms with E-state index >= 15 is 0 Å². The first kappa shape index (κ1) is 22.3. The van der Waals surface area contributed by atoms with E-state index in [-0.39, 0.29) is 12.6 Å². The number of halogens is 1. The molecule has 3 aromatic carbocycles. The van der Waals surface area contributed by atoms with Crippen molar-refractivity contribution in [3.05, 3.63) is 90.6 Å². The van der Waals surface area contributed by atoms with Crippen LogP contribution in [0.3, 0.4) is 0 Å². The van der Waals surface area contributed by atoms with E-state index in [0.29, 0.717) is 46.8 Å². The molecule has 3 heterocycles. The van der Waals surface area contributed by atoms with Crippen LogP contribution in [-0.4, -0.2) is 32.5 Å². The number of carbonyl (C=O) groups is 1. The molecule has 0 saturated carbocycles. The van der Waals surface area contributed by atoms with Crippen molar-refractivity contribution < 1.29 is 23.2 Å². The number of anilines is 2. The maximum atomic E-state index is 13.0. The third-order valence-electron chi connectivity index (χ3n) is 5.59. The summed E-state index contributed by atoms with van der Waals surface area (Å²) in [6.07, 6.45) is 3.50. The zero-order chi connectivity index (χ0) is 25.2. The van der Waals surface area contributed by atoms with Crippen molar-refractivity contribution in [3.63, 3.8) is 0 Å². The number of rotatable bonds is 6. The second kappa shape index (κ2) is 9.46. The lowest BCUT2D eigenvalue weighted by Crippen LogP contribution is -2.19. The molecule has 184 valence electrons. The summed E-state index contributed by atoms with van der Waals surface area (Å²) in [4.78, 5) is 21.0. The summed E-state index contributed by atoms with van der Waals surface area (Å²) in [7, 11) is 0. The summed E-state index contributed by atoms with van der Waals surface area (Å²) in [5.41, 5.74) is 3.42. The molecule has 0 unspecified atom stereocenters. The van der Waals surface area contributed by atoms with Gasteiger partial charge >= 0.3 is 6.03 Å². The molecule has 0 radical (unpaired) electrons. The number of fused-ring (bicyclic) bond motifs is 1. The third-order valence-corrected chi connectivity index (χ3v) is 5.59. The Bertz CT molecular complexity index is 1560. The van der Waals surface area contributed by atoms with E-state index in [4.69, 9.17) is 14.0 Å². The van der Waals surface area contributed by atoms with Crippen LogP contribution in [0, 0.1) is 5.82 Å². The average molecular weight is 498 g/mol. The molecule has 0 aliphatic carbocycles. The van der Waals surface area contributed by atoms with Gasteiger partial charge in [-0.2, -0.15) is 4.98 Å². The van der Waals surface area contributed by atoms with Gasteiger partial charge in [-0.15, -0.1) is 0 Å². The van der Waals surface area contributed by atoms with Gasteiger partial charge in [0.2, 0.25) is 12.6 Å². The van der Waals surface area contributed by atoms with Gasteiger partial charge in [0.1, 0.15) is 11.5 Å². The Morgan fingerprint density at radius 1 is 0.946 bits per heavy atom. The number of urea groups is 1. The molecular formula is C26H19FN6O4. The van der Waals surface area contributed by atoms with Crippen molar-refractivity contribution in [1.29, 1.82) is 0 Å². The normalized spacial score (nSPS) is 11.9. The smallest absolute Gasteiger partial charge is 0.323 e. The molecule has 0 saturated heterocycles. The average Bonchev–Trinajstić information content (AvgIpc) is 3.67. The molecule has 2 amide bonds. The van der Waals surface area contributed by atoms with Crippen LogP contribution in [0.4, 0.5) is 20.6 Å². The quantitative estimate of drug-likeness (QED) is 0.332. The molecule has 0 atom stereocenters. The predicted molar refractivity (Wildman–Crippen MR) is 132 cm³/mol. The van der Waals surface area contributed by atoms with Crippen molar-refractivity contribution in [2.45, 2.75) is 6.54 Å². The van der Waals surface area contributed by atoms with Crippen molar-refractivity contribution in [1.82, 2.24) is 19.7 Å². The van der Waals surface area contributed by atoms with Crippen LogP contribution in [0.15, 0.2) is 83.8 Å². The van der Waals surface area contributed by atoms with Gasteiger partial charge in [-0.25, -0.2) is 14.2 Å². The Balaban J connectivity index is 1.07. The highest BCUT2D eigenvalue weighted by Crippen LogP contribution is 2.35. The van der Waals surface area contributed by atoms with Crippen LogP contribution in [-0.2, 0) is 6.54 Å². The molecule has 6 rings (SSSR count). The first-order valence-corrected chi connectivity index (χ1v) is 11.3. The summed E-state index contributed by atoms with van der Waals surface area (Å²) in [6, 6.07) is 18.0. The van der Waals surface area contributed by atoms with E-state index in [1.165, 1.54) is 24.3 Å². The second-order valence-corrected chi connectivity index (χ2v) is 8.21. The number of benzene rings is 3. The van der Waals surface area contributed by atoms with E-state index in [0.717, 1.165) is 11.1 Å². The Morgan fingerprint density at radius 3 is 2.46 bits per heavy atom. The van der Waals surface area contributed by atoms with E-state index in [1.807, 2.05) is 29.0 Å². The zero-order valence-corrected chi connectivity index (χ0v) is 19.2. The fourth-order valence-electron chi connectivity index (χ4n) is 3.77. The maximum absolute atomic E-state index is 13.0. The van der Waals surface area contributed by atoms with E-state index in [1.54, 1.807) is 30.6 Å². The molecule has 1 aliphatic rings. The van der Waals surface area contributed by atoms with Gasteiger partial charge in [0.05, 0.1) is 6.33 Å². The Hall–Kier alpha value is -5.19. The van der Waals surface area contributed by atoms with Crippen LogP contribution >= 0.6 is 0 Å². The maximum Gasteiger partial charge on any atom is 0.323 e. The lowest BCUT2D eigenvalue weighted by molar-refractivity contribution is 0.174. The third kappa shape index (κ3) is 4.96. The lowest BCUT2D eigenvalue weighted by atomic mass is 10.2. The van der Waals surface area contributed by atoms with Crippen molar-refractivity contribution in [2.24, 2.45) is 0 Å². The van der Waals surface area contributed by atoms with E-state index in [9.17, 15) is 9.18 Å². The van der Waals surface area contributed by atoms with Gasteiger partial charge in [0.25, 0.3) is 5.89 Å². The highest BCUT2D eigenvalue weighted by molar-refractivity contribution is 5.99. The highest BCUT2D eigenvalue weighted by Gasteiger charge is 2.18. The number of aromatic nitrogens is 4. The largest absolute Gasteiger partial charge is 0.454 e. The number of nitrogens with zero attached hydrogens (tertiary/aromatic N) is 4. The van der Waals surface area contributed by atoms with Crippen LogP contribution in [0.25, 0.3) is 23.0 Å². The summed E-state index contributed by atoms with van der Waals surface area (Å²) in [5.74, 6) is 1.69. The number of carbonyl (C=O) groups excluding carboxylic acids is 1. The summed E-state index contributed by atoms with van der Waals surface area (Å²) in [6.45, 7) is 0.748. The monoisotopic (exact) mass is 498 g/mol. The minimum Gasteiger partial charge on any atom is -0.454 e. The van der Waals surface area contributed by atoms with Crippen LogP contribution < -0.4 is 20.1 Å². The van der Waals surface area contributed by atoms with Gasteiger partial charge < -0.3 is 29.2 Å². The number of nitrogens with one attached hydrogen (secondary N) is 2. The Labute approximate surface area is 209 Å².